The summed E-state index contributed by atoms with van der Waals surface area (Å²) in [5.74, 6) is 1.16. The van der Waals surface area contributed by atoms with Crippen LogP contribution in [0.5, 0.6) is 5.75 Å². The Bertz CT molecular complexity index is 1400. The molecule has 1 aliphatic rings. The van der Waals surface area contributed by atoms with Gasteiger partial charge in [-0.05, 0) is 42.9 Å². The maximum atomic E-state index is 13.7. The van der Waals surface area contributed by atoms with Crippen molar-refractivity contribution in [3.05, 3.63) is 73.5 Å². The number of aromatic nitrogens is 4. The third-order valence-electron chi connectivity index (χ3n) is 5.58. The summed E-state index contributed by atoms with van der Waals surface area (Å²) in [6, 6.07) is 5.22. The van der Waals surface area contributed by atoms with Crippen LogP contribution in [0, 0.1) is 5.92 Å². The van der Waals surface area contributed by atoms with Crippen LogP contribution in [0.25, 0.3) is 21.6 Å². The summed E-state index contributed by atoms with van der Waals surface area (Å²) >= 11 is 1.62. The molecule has 0 aromatic carbocycles. The molecule has 1 N–H and O–H groups in total. The second-order valence-electron chi connectivity index (χ2n) is 8.50. The van der Waals surface area contributed by atoms with Gasteiger partial charge in [0.2, 0.25) is 5.43 Å². The first-order valence-electron chi connectivity index (χ1n) is 10.8. The maximum absolute atomic E-state index is 13.7. The molecule has 1 aliphatic carbocycles. The van der Waals surface area contributed by atoms with E-state index in [0.29, 0.717) is 24.0 Å². The number of aromatic amines is 1. The minimum absolute atomic E-state index is 0.0748. The molecular weight excluding hydrogens is 424 g/mol. The number of fused-ring (bicyclic) bond motifs is 3. The number of hydrogen-bond donors (Lipinski definition) is 1. The van der Waals surface area contributed by atoms with Crippen molar-refractivity contribution in [3.63, 3.8) is 0 Å². The molecule has 0 bridgehead atoms. The highest BCUT2D eigenvalue weighted by atomic mass is 32.1. The Morgan fingerprint density at radius 2 is 2.16 bits per heavy atom. The number of H-pyrrole nitrogens is 1. The average Bonchev–Trinajstić information content (AvgIpc) is 3.36. The fourth-order valence-corrected chi connectivity index (χ4v) is 5.32. The van der Waals surface area contributed by atoms with Gasteiger partial charge >= 0.3 is 0 Å². The Morgan fingerprint density at radius 1 is 1.28 bits per heavy atom. The lowest BCUT2D eigenvalue weighted by atomic mass is 10.2. The van der Waals surface area contributed by atoms with E-state index in [2.05, 4.69) is 9.97 Å². The molecule has 0 saturated carbocycles. The van der Waals surface area contributed by atoms with Gasteiger partial charge in [-0.25, -0.2) is 4.98 Å². The fraction of sp³-hybridized carbons (Fsp3) is 0.333. The van der Waals surface area contributed by atoms with E-state index in [1.165, 1.54) is 10.9 Å². The van der Waals surface area contributed by atoms with E-state index in [1.807, 2.05) is 26.0 Å². The third kappa shape index (κ3) is 3.75. The molecule has 0 aliphatic heterocycles. The number of ether oxygens (including phenoxy) is 1. The normalized spacial score (nSPS) is 13.1. The Kier molecular flexibility index (Phi) is 5.38. The average molecular weight is 449 g/mol. The van der Waals surface area contributed by atoms with Crippen LogP contribution in [0.4, 0.5) is 0 Å². The van der Waals surface area contributed by atoms with Crippen LogP contribution in [0.1, 0.15) is 36.4 Å². The van der Waals surface area contributed by atoms with Gasteiger partial charge in [-0.3, -0.25) is 19.1 Å². The molecule has 0 spiro atoms. The van der Waals surface area contributed by atoms with Crippen molar-refractivity contribution in [2.45, 2.75) is 39.7 Å². The monoisotopic (exact) mass is 448 g/mol. The molecule has 8 heteroatoms. The fourth-order valence-electron chi connectivity index (χ4n) is 4.07. The summed E-state index contributed by atoms with van der Waals surface area (Å²) in [6.45, 7) is 4.73. The Labute approximate surface area is 188 Å². The zero-order chi connectivity index (χ0) is 22.2. The molecule has 0 unspecified atom stereocenters. The number of nitrogens with zero attached hydrogens (tertiary/aromatic N) is 3. The van der Waals surface area contributed by atoms with Gasteiger partial charge in [0.1, 0.15) is 10.7 Å². The molecule has 32 heavy (non-hydrogen) atoms. The van der Waals surface area contributed by atoms with Crippen LogP contribution < -0.4 is 15.7 Å². The number of hydrogen-bond acceptors (Lipinski definition) is 6. The highest BCUT2D eigenvalue weighted by molar-refractivity contribution is 7.18. The lowest BCUT2D eigenvalue weighted by molar-refractivity contribution is 0.267. The number of nitrogens with one attached hydrogen (secondary N) is 1. The van der Waals surface area contributed by atoms with Crippen molar-refractivity contribution >= 4 is 21.6 Å². The standard InChI is InChI=1S/C24H24N4O3S/c1-14(2)13-31-19-11-26-16(9-18(19)29)12-28-22(15-5-4-8-25-10-15)27-23-21(24(28)30)17-6-3-7-20(17)32-23/h4-5,8-11,14H,3,6-7,12-13H2,1-2H3,(H,26,29). The van der Waals surface area contributed by atoms with Gasteiger partial charge in [0, 0.05) is 40.8 Å². The predicted octanol–water partition coefficient (Wildman–Crippen LogP) is 3.78. The van der Waals surface area contributed by atoms with Gasteiger partial charge in [0.15, 0.2) is 5.75 Å². The molecule has 0 saturated heterocycles. The smallest absolute Gasteiger partial charge is 0.263 e. The van der Waals surface area contributed by atoms with E-state index < -0.39 is 0 Å². The Balaban J connectivity index is 1.61. The van der Waals surface area contributed by atoms with Crippen LogP contribution >= 0.6 is 11.3 Å². The van der Waals surface area contributed by atoms with Crippen molar-refractivity contribution in [1.82, 2.24) is 19.5 Å². The zero-order valence-electron chi connectivity index (χ0n) is 18.1. The molecule has 4 aromatic heterocycles. The lowest BCUT2D eigenvalue weighted by Crippen LogP contribution is -2.25. The van der Waals surface area contributed by atoms with E-state index in [4.69, 9.17) is 9.72 Å². The predicted molar refractivity (Wildman–Crippen MR) is 126 cm³/mol. The van der Waals surface area contributed by atoms with E-state index in [9.17, 15) is 9.59 Å². The Hall–Kier alpha value is -3.26. The molecule has 4 heterocycles. The van der Waals surface area contributed by atoms with Crippen LogP contribution in [0.3, 0.4) is 0 Å². The maximum Gasteiger partial charge on any atom is 0.263 e. The second kappa shape index (κ2) is 8.35. The highest BCUT2D eigenvalue weighted by Crippen LogP contribution is 2.35. The van der Waals surface area contributed by atoms with E-state index in [1.54, 1.807) is 34.5 Å². The first-order chi connectivity index (χ1) is 15.5. The summed E-state index contributed by atoms with van der Waals surface area (Å²) < 4.78 is 7.23. The van der Waals surface area contributed by atoms with Crippen molar-refractivity contribution < 1.29 is 4.74 Å². The first-order valence-corrected chi connectivity index (χ1v) is 11.6. The van der Waals surface area contributed by atoms with Crippen LogP contribution in [0.15, 0.2) is 46.4 Å². The SMILES string of the molecule is CC(C)COc1c[nH]c(Cn2c(-c3cccnc3)nc3sc4c(c3c2=O)CCC4)cc1=O. The summed E-state index contributed by atoms with van der Waals surface area (Å²) in [5, 5.41) is 0.717. The Morgan fingerprint density at radius 3 is 2.91 bits per heavy atom. The van der Waals surface area contributed by atoms with Crippen molar-refractivity contribution in [2.24, 2.45) is 5.92 Å². The largest absolute Gasteiger partial charge is 0.488 e. The summed E-state index contributed by atoms with van der Waals surface area (Å²) in [4.78, 5) is 40.5. The van der Waals surface area contributed by atoms with Crippen molar-refractivity contribution in [2.75, 3.05) is 6.61 Å². The quantitative estimate of drug-likeness (QED) is 0.485. The number of thiophene rings is 1. The minimum atomic E-state index is -0.208. The van der Waals surface area contributed by atoms with Gasteiger partial charge in [0.05, 0.1) is 18.5 Å². The number of aryl methyl sites for hydroxylation is 2. The number of rotatable bonds is 6. The van der Waals surface area contributed by atoms with Crippen molar-refractivity contribution in [1.29, 1.82) is 0 Å². The van der Waals surface area contributed by atoms with Gasteiger partial charge in [0.25, 0.3) is 5.56 Å². The molecule has 0 radical (unpaired) electrons. The molecule has 5 rings (SSSR count). The molecule has 0 atom stereocenters. The highest BCUT2D eigenvalue weighted by Gasteiger charge is 2.24. The summed E-state index contributed by atoms with van der Waals surface area (Å²) in [7, 11) is 0. The third-order valence-corrected chi connectivity index (χ3v) is 6.77. The van der Waals surface area contributed by atoms with E-state index in [0.717, 1.165) is 40.6 Å². The van der Waals surface area contributed by atoms with Gasteiger partial charge in [-0.1, -0.05) is 13.8 Å². The van der Waals surface area contributed by atoms with Crippen LogP contribution in [-0.4, -0.2) is 26.1 Å². The topological polar surface area (TPSA) is 89.9 Å². The van der Waals surface area contributed by atoms with Gasteiger partial charge in [-0.15, -0.1) is 11.3 Å². The molecule has 0 amide bonds. The van der Waals surface area contributed by atoms with Crippen LogP contribution in [-0.2, 0) is 19.4 Å². The lowest BCUT2D eigenvalue weighted by Gasteiger charge is -2.13. The molecule has 7 nitrogen and oxygen atoms in total. The van der Waals surface area contributed by atoms with Gasteiger partial charge in [-0.2, -0.15) is 0 Å². The molecular formula is C24H24N4O3S. The molecule has 164 valence electrons. The summed E-state index contributed by atoms with van der Waals surface area (Å²) in [6.07, 6.45) is 7.96. The van der Waals surface area contributed by atoms with Crippen LogP contribution in [0.2, 0.25) is 0 Å². The van der Waals surface area contributed by atoms with Crippen molar-refractivity contribution in [3.8, 4) is 17.1 Å². The zero-order valence-corrected chi connectivity index (χ0v) is 18.9. The van der Waals surface area contributed by atoms with E-state index >= 15 is 0 Å². The molecule has 4 aromatic rings. The summed E-state index contributed by atoms with van der Waals surface area (Å²) in [5.41, 5.74) is 2.24. The molecule has 0 fully saturated rings. The van der Waals surface area contributed by atoms with E-state index in [-0.39, 0.29) is 23.3 Å². The number of pyridine rings is 2. The second-order valence-corrected chi connectivity index (χ2v) is 9.58. The van der Waals surface area contributed by atoms with Gasteiger partial charge < -0.3 is 9.72 Å². The minimum Gasteiger partial charge on any atom is -0.488 e. The first kappa shape index (κ1) is 20.6.